The topological polar surface area (TPSA) is 77.9 Å². The van der Waals surface area contributed by atoms with Gasteiger partial charge in [-0.15, -0.1) is 0 Å². The van der Waals surface area contributed by atoms with Gasteiger partial charge in [0.2, 0.25) is 11.8 Å². The van der Waals surface area contributed by atoms with E-state index in [1.54, 1.807) is 9.80 Å². The Hall–Kier alpha value is -1.59. The third kappa shape index (κ3) is 4.42. The molecule has 1 aliphatic heterocycles. The van der Waals surface area contributed by atoms with E-state index >= 15 is 0 Å². The van der Waals surface area contributed by atoms with Gasteiger partial charge in [0.1, 0.15) is 0 Å². The van der Waals surface area contributed by atoms with Crippen LogP contribution in [-0.2, 0) is 14.4 Å². The predicted molar refractivity (Wildman–Crippen MR) is 60.3 cm³/mol. The van der Waals surface area contributed by atoms with Gasteiger partial charge in [-0.1, -0.05) is 0 Å². The Labute approximate surface area is 100 Å². The number of carboxylic acids is 1. The molecule has 1 heterocycles. The van der Waals surface area contributed by atoms with Gasteiger partial charge in [-0.05, 0) is 6.42 Å². The van der Waals surface area contributed by atoms with Crippen molar-refractivity contribution in [3.8, 4) is 0 Å². The molecule has 0 saturated carbocycles. The summed E-state index contributed by atoms with van der Waals surface area (Å²) in [6.07, 6.45) is 0.652. The molecular weight excluding hydrogens is 224 g/mol. The summed E-state index contributed by atoms with van der Waals surface area (Å²) in [6.45, 7) is 3.81. The molecule has 6 heteroatoms. The average molecular weight is 242 g/mol. The molecule has 96 valence electrons. The number of carbonyl (C=O) groups is 3. The lowest BCUT2D eigenvalue weighted by Crippen LogP contribution is -2.36. The second kappa shape index (κ2) is 6.22. The Morgan fingerprint density at radius 1 is 1.00 bits per heavy atom. The highest BCUT2D eigenvalue weighted by molar-refractivity contribution is 5.81. The van der Waals surface area contributed by atoms with Gasteiger partial charge in [-0.25, -0.2) is 0 Å². The van der Waals surface area contributed by atoms with Gasteiger partial charge in [0.05, 0.1) is 6.42 Å². The lowest BCUT2D eigenvalue weighted by molar-refractivity contribution is -0.140. The average Bonchev–Trinajstić information content (AvgIpc) is 2.51. The fourth-order valence-corrected chi connectivity index (χ4v) is 1.85. The van der Waals surface area contributed by atoms with Crippen LogP contribution in [0.1, 0.15) is 26.2 Å². The van der Waals surface area contributed by atoms with Crippen molar-refractivity contribution < 1.29 is 19.5 Å². The molecule has 1 rings (SSSR count). The molecule has 0 bridgehead atoms. The summed E-state index contributed by atoms with van der Waals surface area (Å²) in [6, 6.07) is 0. The molecule has 17 heavy (non-hydrogen) atoms. The number of carbonyl (C=O) groups excluding carboxylic acids is 2. The van der Waals surface area contributed by atoms with Gasteiger partial charge in [0, 0.05) is 39.5 Å². The van der Waals surface area contributed by atoms with E-state index < -0.39 is 5.97 Å². The Morgan fingerprint density at radius 2 is 1.59 bits per heavy atom. The number of hydrogen-bond acceptors (Lipinski definition) is 3. The minimum absolute atomic E-state index is 0.0184. The SMILES string of the molecule is CC(=O)N1CCCN(C(=O)CCC(=O)O)CC1. The monoisotopic (exact) mass is 242 g/mol. The third-order valence-electron chi connectivity index (χ3n) is 2.85. The molecular formula is C11H18N2O4. The lowest BCUT2D eigenvalue weighted by Gasteiger charge is -2.21. The molecule has 1 N–H and O–H groups in total. The zero-order chi connectivity index (χ0) is 12.8. The van der Waals surface area contributed by atoms with E-state index in [0.29, 0.717) is 26.2 Å². The fourth-order valence-electron chi connectivity index (χ4n) is 1.85. The first kappa shape index (κ1) is 13.5. The van der Waals surface area contributed by atoms with Crippen molar-refractivity contribution in [2.24, 2.45) is 0 Å². The van der Waals surface area contributed by atoms with Gasteiger partial charge in [0.25, 0.3) is 0 Å². The van der Waals surface area contributed by atoms with E-state index in [9.17, 15) is 14.4 Å². The van der Waals surface area contributed by atoms with Crippen molar-refractivity contribution in [1.82, 2.24) is 9.80 Å². The summed E-state index contributed by atoms with van der Waals surface area (Å²) in [5, 5.41) is 8.51. The number of aliphatic carboxylic acids is 1. The first-order valence-electron chi connectivity index (χ1n) is 5.76. The summed E-state index contributed by atoms with van der Waals surface area (Å²) in [4.78, 5) is 36.6. The van der Waals surface area contributed by atoms with Crippen molar-refractivity contribution >= 4 is 17.8 Å². The number of carboxylic acid groups (broad SMARTS) is 1. The quantitative estimate of drug-likeness (QED) is 0.751. The lowest BCUT2D eigenvalue weighted by atomic mass is 10.2. The number of rotatable bonds is 3. The summed E-state index contributed by atoms with van der Waals surface area (Å²) < 4.78 is 0. The Balaban J connectivity index is 2.42. The van der Waals surface area contributed by atoms with E-state index in [1.165, 1.54) is 6.92 Å². The van der Waals surface area contributed by atoms with E-state index in [1.807, 2.05) is 0 Å². The highest BCUT2D eigenvalue weighted by Gasteiger charge is 2.20. The van der Waals surface area contributed by atoms with Gasteiger partial charge in [-0.3, -0.25) is 14.4 Å². The van der Waals surface area contributed by atoms with Crippen LogP contribution in [-0.4, -0.2) is 58.9 Å². The molecule has 0 radical (unpaired) electrons. The Morgan fingerprint density at radius 3 is 2.18 bits per heavy atom. The maximum Gasteiger partial charge on any atom is 0.303 e. The van der Waals surface area contributed by atoms with Crippen LogP contribution in [0.2, 0.25) is 0 Å². The second-order valence-corrected chi connectivity index (χ2v) is 4.13. The number of amides is 2. The van der Waals surface area contributed by atoms with Crippen LogP contribution in [0, 0.1) is 0 Å². The van der Waals surface area contributed by atoms with Crippen molar-refractivity contribution in [2.75, 3.05) is 26.2 Å². The minimum atomic E-state index is -0.960. The van der Waals surface area contributed by atoms with Crippen LogP contribution < -0.4 is 0 Å². The molecule has 0 aliphatic carbocycles. The van der Waals surface area contributed by atoms with E-state index in [4.69, 9.17) is 5.11 Å². The predicted octanol–water partition coefficient (Wildman–Crippen LogP) is -0.0680. The molecule has 1 aliphatic rings. The van der Waals surface area contributed by atoms with Gasteiger partial charge in [-0.2, -0.15) is 0 Å². The van der Waals surface area contributed by atoms with Crippen molar-refractivity contribution in [2.45, 2.75) is 26.2 Å². The standard InChI is InChI=1S/C11H18N2O4/c1-9(14)12-5-2-6-13(8-7-12)10(15)3-4-11(16)17/h2-8H2,1H3,(H,16,17). The molecule has 2 amide bonds. The van der Waals surface area contributed by atoms with Crippen LogP contribution in [0.3, 0.4) is 0 Å². The van der Waals surface area contributed by atoms with Gasteiger partial charge >= 0.3 is 5.97 Å². The molecule has 0 aromatic rings. The Bertz CT molecular complexity index is 317. The molecule has 1 saturated heterocycles. The van der Waals surface area contributed by atoms with E-state index in [0.717, 1.165) is 6.42 Å². The summed E-state index contributed by atoms with van der Waals surface area (Å²) in [5.74, 6) is -1.08. The summed E-state index contributed by atoms with van der Waals surface area (Å²) in [7, 11) is 0. The zero-order valence-electron chi connectivity index (χ0n) is 10.0. The third-order valence-corrected chi connectivity index (χ3v) is 2.85. The van der Waals surface area contributed by atoms with Crippen LogP contribution in [0.5, 0.6) is 0 Å². The largest absolute Gasteiger partial charge is 0.481 e. The highest BCUT2D eigenvalue weighted by Crippen LogP contribution is 2.06. The molecule has 0 aromatic heterocycles. The van der Waals surface area contributed by atoms with Crippen LogP contribution in [0.25, 0.3) is 0 Å². The van der Waals surface area contributed by atoms with Crippen LogP contribution in [0.15, 0.2) is 0 Å². The first-order chi connectivity index (χ1) is 8.00. The molecule has 1 fully saturated rings. The van der Waals surface area contributed by atoms with Crippen LogP contribution in [0.4, 0.5) is 0 Å². The van der Waals surface area contributed by atoms with Gasteiger partial charge < -0.3 is 14.9 Å². The van der Waals surface area contributed by atoms with Crippen LogP contribution >= 0.6 is 0 Å². The maximum atomic E-state index is 11.7. The number of nitrogens with zero attached hydrogens (tertiary/aromatic N) is 2. The molecule has 0 unspecified atom stereocenters. The normalized spacial score (nSPS) is 16.5. The summed E-state index contributed by atoms with van der Waals surface area (Å²) in [5.41, 5.74) is 0. The highest BCUT2D eigenvalue weighted by atomic mass is 16.4. The number of hydrogen-bond donors (Lipinski definition) is 1. The van der Waals surface area contributed by atoms with Crippen molar-refractivity contribution in [3.05, 3.63) is 0 Å². The fraction of sp³-hybridized carbons (Fsp3) is 0.727. The maximum absolute atomic E-state index is 11.7. The van der Waals surface area contributed by atoms with Gasteiger partial charge in [0.15, 0.2) is 0 Å². The molecule has 0 spiro atoms. The minimum Gasteiger partial charge on any atom is -0.481 e. The molecule has 0 atom stereocenters. The molecule has 0 aromatic carbocycles. The Kier molecular flexibility index (Phi) is 4.93. The smallest absolute Gasteiger partial charge is 0.303 e. The second-order valence-electron chi connectivity index (χ2n) is 4.13. The van der Waals surface area contributed by atoms with E-state index in [2.05, 4.69) is 0 Å². The van der Waals surface area contributed by atoms with Crippen molar-refractivity contribution in [3.63, 3.8) is 0 Å². The van der Waals surface area contributed by atoms with Crippen molar-refractivity contribution in [1.29, 1.82) is 0 Å². The first-order valence-corrected chi connectivity index (χ1v) is 5.76. The molecule has 6 nitrogen and oxygen atoms in total. The zero-order valence-corrected chi connectivity index (χ0v) is 10.0. The van der Waals surface area contributed by atoms with E-state index in [-0.39, 0.29) is 24.7 Å². The summed E-state index contributed by atoms with van der Waals surface area (Å²) >= 11 is 0.